The van der Waals surface area contributed by atoms with Gasteiger partial charge in [0.2, 0.25) is 0 Å². The van der Waals surface area contributed by atoms with Gasteiger partial charge in [-0.05, 0) is 44.2 Å². The van der Waals surface area contributed by atoms with Crippen LogP contribution in [0, 0.1) is 0 Å². The molecule has 3 unspecified atom stereocenters. The molecule has 11 nitrogen and oxygen atoms in total. The van der Waals surface area contributed by atoms with E-state index in [4.69, 9.17) is 4.74 Å². The van der Waals surface area contributed by atoms with Crippen LogP contribution in [0.15, 0.2) is 66.9 Å². The second kappa shape index (κ2) is 12.1. The van der Waals surface area contributed by atoms with Crippen molar-refractivity contribution >= 4 is 23.7 Å². The molecule has 11 heteroatoms. The van der Waals surface area contributed by atoms with Crippen molar-refractivity contribution in [1.82, 2.24) is 25.5 Å². The van der Waals surface area contributed by atoms with Crippen LogP contribution < -0.4 is 16.1 Å². The van der Waals surface area contributed by atoms with E-state index in [-0.39, 0.29) is 24.1 Å². The Morgan fingerprint density at radius 3 is 2.47 bits per heavy atom. The minimum absolute atomic E-state index is 0.189. The largest absolute Gasteiger partial charge is 0.446 e. The lowest BCUT2D eigenvalue weighted by Gasteiger charge is -2.38. The Balaban J connectivity index is 1.60. The summed E-state index contributed by atoms with van der Waals surface area (Å²) in [5.41, 5.74) is 4.85. The summed E-state index contributed by atoms with van der Waals surface area (Å²) in [6.45, 7) is 4.81. The standard InChI is InChI=1S/C27H34N6O5/c1-18(2)38-27(36)32-15-14-23(34)33-22(17-31(3)16-19-8-6-5-7-9-19)24(29-26(32)33)20-10-12-21(13-11-20)28-25(35)30-37-4/h5-15,18,22,24,26,29H,16-17H2,1-4H3,(H2,28,30,35). The van der Waals surface area contributed by atoms with Crippen LogP contribution in [0.1, 0.15) is 31.0 Å². The number of ether oxygens (including phenoxy) is 1. The van der Waals surface area contributed by atoms with E-state index >= 15 is 0 Å². The molecule has 0 saturated carbocycles. The number of anilines is 1. The fourth-order valence-electron chi connectivity index (χ4n) is 4.74. The number of carbonyl (C=O) groups is 3. The highest BCUT2D eigenvalue weighted by molar-refractivity contribution is 5.91. The number of nitrogens with one attached hydrogen (secondary N) is 3. The summed E-state index contributed by atoms with van der Waals surface area (Å²) in [7, 11) is 3.36. The molecule has 202 valence electrons. The maximum atomic E-state index is 13.2. The molecular weight excluding hydrogens is 488 g/mol. The maximum absolute atomic E-state index is 13.2. The van der Waals surface area contributed by atoms with Gasteiger partial charge in [0.25, 0.3) is 5.91 Å². The molecule has 3 atom stereocenters. The number of urea groups is 1. The van der Waals surface area contributed by atoms with E-state index in [1.807, 2.05) is 37.4 Å². The van der Waals surface area contributed by atoms with Gasteiger partial charge in [-0.25, -0.2) is 20.0 Å². The zero-order valence-corrected chi connectivity index (χ0v) is 22.0. The van der Waals surface area contributed by atoms with E-state index in [1.54, 1.807) is 30.9 Å². The second-order valence-corrected chi connectivity index (χ2v) is 9.55. The van der Waals surface area contributed by atoms with Crippen LogP contribution in [0.25, 0.3) is 0 Å². The predicted octanol–water partition coefficient (Wildman–Crippen LogP) is 3.00. The van der Waals surface area contributed by atoms with Gasteiger partial charge in [0, 0.05) is 31.1 Å². The molecule has 2 heterocycles. The highest BCUT2D eigenvalue weighted by Gasteiger charge is 2.49. The number of carbonyl (C=O) groups excluding carboxylic acids is 3. The summed E-state index contributed by atoms with van der Waals surface area (Å²) in [6.07, 6.45) is 1.32. The van der Waals surface area contributed by atoms with Crippen LogP contribution in [0.4, 0.5) is 15.3 Å². The molecule has 0 radical (unpaired) electrons. The van der Waals surface area contributed by atoms with E-state index in [1.165, 1.54) is 24.3 Å². The Kier molecular flexibility index (Phi) is 8.62. The number of likely N-dealkylation sites (N-methyl/N-ethyl adjacent to an activating group) is 1. The number of fused-ring (bicyclic) bond motifs is 1. The summed E-state index contributed by atoms with van der Waals surface area (Å²) in [4.78, 5) is 47.7. The van der Waals surface area contributed by atoms with Crippen molar-refractivity contribution in [2.24, 2.45) is 0 Å². The molecule has 2 aromatic carbocycles. The van der Waals surface area contributed by atoms with Crippen molar-refractivity contribution in [1.29, 1.82) is 0 Å². The van der Waals surface area contributed by atoms with Crippen molar-refractivity contribution < 1.29 is 24.0 Å². The lowest BCUT2D eigenvalue weighted by molar-refractivity contribution is -0.133. The fourth-order valence-corrected chi connectivity index (χ4v) is 4.74. The van der Waals surface area contributed by atoms with Crippen molar-refractivity contribution in [3.63, 3.8) is 0 Å². The van der Waals surface area contributed by atoms with Crippen molar-refractivity contribution in [2.45, 2.75) is 44.9 Å². The minimum Gasteiger partial charge on any atom is -0.446 e. The molecule has 0 spiro atoms. The molecule has 0 bridgehead atoms. The maximum Gasteiger partial charge on any atom is 0.416 e. The number of amides is 4. The van der Waals surface area contributed by atoms with Crippen LogP contribution in [-0.4, -0.2) is 71.9 Å². The molecule has 4 amide bonds. The fraction of sp³-hybridized carbons (Fsp3) is 0.370. The molecule has 2 aliphatic rings. The van der Waals surface area contributed by atoms with Gasteiger partial charge < -0.3 is 10.1 Å². The van der Waals surface area contributed by atoms with Crippen LogP contribution in [0.2, 0.25) is 0 Å². The van der Waals surface area contributed by atoms with E-state index in [0.29, 0.717) is 18.8 Å². The summed E-state index contributed by atoms with van der Waals surface area (Å²) in [5.74, 6) is -0.189. The molecule has 2 aromatic rings. The molecule has 0 aromatic heterocycles. The average molecular weight is 523 g/mol. The number of nitrogens with zero attached hydrogens (tertiary/aromatic N) is 3. The van der Waals surface area contributed by atoms with E-state index in [2.05, 4.69) is 38.0 Å². The summed E-state index contributed by atoms with van der Waals surface area (Å²) in [6, 6.07) is 16.3. The van der Waals surface area contributed by atoms with Gasteiger partial charge in [0.15, 0.2) is 6.29 Å². The number of rotatable bonds is 8. The van der Waals surface area contributed by atoms with Gasteiger partial charge in [0.05, 0.1) is 25.3 Å². The minimum atomic E-state index is -0.704. The zero-order valence-electron chi connectivity index (χ0n) is 22.0. The van der Waals surface area contributed by atoms with Crippen molar-refractivity contribution in [3.8, 4) is 0 Å². The number of hydrogen-bond acceptors (Lipinski definition) is 7. The first-order chi connectivity index (χ1) is 18.3. The van der Waals surface area contributed by atoms with Crippen LogP contribution >= 0.6 is 0 Å². The van der Waals surface area contributed by atoms with Gasteiger partial charge in [-0.15, -0.1) is 0 Å². The molecule has 4 rings (SSSR count). The molecule has 38 heavy (non-hydrogen) atoms. The summed E-state index contributed by atoms with van der Waals surface area (Å²) >= 11 is 0. The monoisotopic (exact) mass is 522 g/mol. The summed E-state index contributed by atoms with van der Waals surface area (Å²) in [5, 5.41) is 6.16. The normalized spacial score (nSPS) is 20.6. The third-order valence-corrected chi connectivity index (χ3v) is 6.29. The van der Waals surface area contributed by atoms with Gasteiger partial charge in [-0.2, -0.15) is 0 Å². The van der Waals surface area contributed by atoms with Gasteiger partial charge in [0.1, 0.15) is 0 Å². The third kappa shape index (κ3) is 6.31. The molecule has 2 aliphatic heterocycles. The van der Waals surface area contributed by atoms with Crippen molar-refractivity contribution in [2.75, 3.05) is 26.0 Å². The number of hydrogen-bond donors (Lipinski definition) is 3. The Labute approximate surface area is 222 Å². The zero-order chi connectivity index (χ0) is 27.2. The lowest BCUT2D eigenvalue weighted by atomic mass is 9.99. The Morgan fingerprint density at radius 2 is 1.82 bits per heavy atom. The van der Waals surface area contributed by atoms with Crippen LogP contribution in [0.3, 0.4) is 0 Å². The van der Waals surface area contributed by atoms with E-state index in [0.717, 1.165) is 11.1 Å². The van der Waals surface area contributed by atoms with Gasteiger partial charge in [-0.1, -0.05) is 42.5 Å². The average Bonchev–Trinajstić information content (AvgIpc) is 3.24. The smallest absolute Gasteiger partial charge is 0.416 e. The first kappa shape index (κ1) is 27.1. The Morgan fingerprint density at radius 1 is 1.11 bits per heavy atom. The molecule has 3 N–H and O–H groups in total. The van der Waals surface area contributed by atoms with E-state index < -0.39 is 18.4 Å². The van der Waals surface area contributed by atoms with Gasteiger partial charge in [-0.3, -0.25) is 24.7 Å². The molecular formula is C27H34N6O5. The van der Waals surface area contributed by atoms with Gasteiger partial charge >= 0.3 is 12.1 Å². The van der Waals surface area contributed by atoms with Crippen molar-refractivity contribution in [3.05, 3.63) is 78.0 Å². The number of benzene rings is 2. The second-order valence-electron chi connectivity index (χ2n) is 9.55. The summed E-state index contributed by atoms with van der Waals surface area (Å²) < 4.78 is 5.43. The first-order valence-electron chi connectivity index (χ1n) is 12.4. The topological polar surface area (TPSA) is 115 Å². The molecule has 0 aliphatic carbocycles. The highest BCUT2D eigenvalue weighted by atomic mass is 16.6. The number of hydroxylamine groups is 1. The quantitative estimate of drug-likeness (QED) is 0.457. The van der Waals surface area contributed by atoms with E-state index in [9.17, 15) is 14.4 Å². The SMILES string of the molecule is CONC(=O)Nc1ccc(C2NC3N(C(=O)OC(C)C)C=CC(=O)N3C2CN(C)Cc2ccccc2)cc1. The molecule has 1 saturated heterocycles. The highest BCUT2D eigenvalue weighted by Crippen LogP contribution is 2.34. The Hall–Kier alpha value is -3.93. The predicted molar refractivity (Wildman–Crippen MR) is 141 cm³/mol. The lowest BCUT2D eigenvalue weighted by Crippen LogP contribution is -2.57. The third-order valence-electron chi connectivity index (χ3n) is 6.29. The Bertz CT molecular complexity index is 1160. The van der Waals surface area contributed by atoms with Crippen LogP contribution in [-0.2, 0) is 20.9 Å². The molecule has 1 fully saturated rings. The first-order valence-corrected chi connectivity index (χ1v) is 12.4. The van der Waals surface area contributed by atoms with Crippen LogP contribution in [0.5, 0.6) is 0 Å².